The second-order valence-electron chi connectivity index (χ2n) is 3.66. The predicted molar refractivity (Wildman–Crippen MR) is 76.3 cm³/mol. The summed E-state index contributed by atoms with van der Waals surface area (Å²) in [6.45, 7) is -0.0851. The van der Waals surface area contributed by atoms with Gasteiger partial charge < -0.3 is 9.84 Å². The third kappa shape index (κ3) is 3.00. The first-order valence-electron chi connectivity index (χ1n) is 5.30. The van der Waals surface area contributed by atoms with Gasteiger partial charge in [0, 0.05) is 3.57 Å². The molecule has 0 aliphatic rings. The fourth-order valence-corrected chi connectivity index (χ4v) is 2.02. The van der Waals surface area contributed by atoms with E-state index in [9.17, 15) is 0 Å². The lowest BCUT2D eigenvalue weighted by molar-refractivity contribution is 0.281. The molecular formula is C14H10INO2. The molecule has 0 spiro atoms. The number of nitrogens with zero attached hydrogens (tertiary/aromatic N) is 1. The lowest BCUT2D eigenvalue weighted by Crippen LogP contribution is -1.91. The SMILES string of the molecule is N#Cc1cc(CO)ccc1Oc1cccc(I)c1. The van der Waals surface area contributed by atoms with Crippen LogP contribution in [0.25, 0.3) is 0 Å². The Bertz CT molecular complexity index is 605. The molecule has 90 valence electrons. The quantitative estimate of drug-likeness (QED) is 0.862. The average Bonchev–Trinajstić information content (AvgIpc) is 2.39. The third-order valence-electron chi connectivity index (χ3n) is 2.37. The van der Waals surface area contributed by atoms with Gasteiger partial charge in [-0.15, -0.1) is 0 Å². The Morgan fingerprint density at radius 3 is 2.72 bits per heavy atom. The molecular weight excluding hydrogens is 341 g/mol. The Kier molecular flexibility index (Phi) is 4.18. The van der Waals surface area contributed by atoms with Gasteiger partial charge in [-0.3, -0.25) is 0 Å². The number of nitriles is 1. The molecule has 2 aromatic rings. The topological polar surface area (TPSA) is 53.2 Å². The maximum absolute atomic E-state index is 9.06. The Morgan fingerprint density at radius 1 is 1.22 bits per heavy atom. The molecule has 0 heterocycles. The first-order valence-corrected chi connectivity index (χ1v) is 6.38. The highest BCUT2D eigenvalue weighted by molar-refractivity contribution is 14.1. The molecule has 0 aliphatic heterocycles. The molecule has 0 aliphatic carbocycles. The van der Waals surface area contributed by atoms with Crippen LogP contribution < -0.4 is 4.74 Å². The van der Waals surface area contributed by atoms with Crippen LogP contribution in [0.15, 0.2) is 42.5 Å². The molecule has 0 fully saturated rings. The largest absolute Gasteiger partial charge is 0.456 e. The van der Waals surface area contributed by atoms with Gasteiger partial charge in [0.05, 0.1) is 12.2 Å². The number of halogens is 1. The third-order valence-corrected chi connectivity index (χ3v) is 3.04. The Labute approximate surface area is 119 Å². The van der Waals surface area contributed by atoms with Crippen molar-refractivity contribution in [2.75, 3.05) is 0 Å². The van der Waals surface area contributed by atoms with Gasteiger partial charge in [-0.2, -0.15) is 5.26 Å². The minimum atomic E-state index is -0.0851. The van der Waals surface area contributed by atoms with Crippen LogP contribution in [0.2, 0.25) is 0 Å². The minimum Gasteiger partial charge on any atom is -0.456 e. The summed E-state index contributed by atoms with van der Waals surface area (Å²) >= 11 is 2.20. The van der Waals surface area contributed by atoms with E-state index in [4.69, 9.17) is 15.1 Å². The summed E-state index contributed by atoms with van der Waals surface area (Å²) in [5, 5.41) is 18.1. The van der Waals surface area contributed by atoms with Crippen molar-refractivity contribution in [3.05, 3.63) is 57.2 Å². The highest BCUT2D eigenvalue weighted by atomic mass is 127. The van der Waals surface area contributed by atoms with Crippen LogP contribution >= 0.6 is 22.6 Å². The Balaban J connectivity index is 2.32. The first-order chi connectivity index (χ1) is 8.72. The number of rotatable bonds is 3. The standard InChI is InChI=1S/C14H10INO2/c15-12-2-1-3-13(7-12)18-14-5-4-10(9-17)6-11(14)8-16/h1-7,17H,9H2. The normalized spacial score (nSPS) is 9.83. The minimum absolute atomic E-state index is 0.0851. The molecule has 0 amide bonds. The summed E-state index contributed by atoms with van der Waals surface area (Å²) in [5.74, 6) is 1.19. The number of hydrogen-bond acceptors (Lipinski definition) is 3. The van der Waals surface area contributed by atoms with Crippen molar-refractivity contribution in [2.45, 2.75) is 6.61 Å². The van der Waals surface area contributed by atoms with Crippen molar-refractivity contribution >= 4 is 22.6 Å². The molecule has 0 atom stereocenters. The van der Waals surface area contributed by atoms with Crippen LogP contribution in [0.4, 0.5) is 0 Å². The fraction of sp³-hybridized carbons (Fsp3) is 0.0714. The van der Waals surface area contributed by atoms with Gasteiger partial charge in [0.15, 0.2) is 0 Å². The summed E-state index contributed by atoms with van der Waals surface area (Å²) < 4.78 is 6.74. The first kappa shape index (κ1) is 12.9. The Morgan fingerprint density at radius 2 is 2.06 bits per heavy atom. The van der Waals surface area contributed by atoms with E-state index in [0.29, 0.717) is 22.6 Å². The van der Waals surface area contributed by atoms with E-state index in [1.165, 1.54) is 0 Å². The smallest absolute Gasteiger partial charge is 0.145 e. The van der Waals surface area contributed by atoms with Crippen LogP contribution in [0.5, 0.6) is 11.5 Å². The molecule has 4 heteroatoms. The lowest BCUT2D eigenvalue weighted by Gasteiger charge is -2.08. The summed E-state index contributed by atoms with van der Waals surface area (Å²) in [6, 6.07) is 14.7. The summed E-state index contributed by atoms with van der Waals surface area (Å²) in [6.07, 6.45) is 0. The van der Waals surface area contributed by atoms with Crippen LogP contribution in [-0.4, -0.2) is 5.11 Å². The van der Waals surface area contributed by atoms with Crippen molar-refractivity contribution in [2.24, 2.45) is 0 Å². The number of ether oxygens (including phenoxy) is 1. The van der Waals surface area contributed by atoms with Crippen LogP contribution in [-0.2, 0) is 6.61 Å². The van der Waals surface area contributed by atoms with Crippen LogP contribution in [0.3, 0.4) is 0 Å². The fourth-order valence-electron chi connectivity index (χ4n) is 1.51. The van der Waals surface area contributed by atoms with E-state index in [1.807, 2.05) is 24.3 Å². The number of aliphatic hydroxyl groups excluding tert-OH is 1. The van der Waals surface area contributed by atoms with E-state index in [2.05, 4.69) is 28.7 Å². The van der Waals surface area contributed by atoms with Crippen LogP contribution in [0.1, 0.15) is 11.1 Å². The van der Waals surface area contributed by atoms with Gasteiger partial charge >= 0.3 is 0 Å². The van der Waals surface area contributed by atoms with Crippen LogP contribution in [0, 0.1) is 14.9 Å². The van der Waals surface area contributed by atoms with E-state index in [-0.39, 0.29) is 6.61 Å². The van der Waals surface area contributed by atoms with E-state index in [1.54, 1.807) is 18.2 Å². The molecule has 0 saturated heterocycles. The number of benzene rings is 2. The van der Waals surface area contributed by atoms with Crippen molar-refractivity contribution in [1.82, 2.24) is 0 Å². The highest BCUT2D eigenvalue weighted by Gasteiger charge is 2.06. The molecule has 0 radical (unpaired) electrons. The predicted octanol–water partition coefficient (Wildman–Crippen LogP) is 3.45. The number of aliphatic hydroxyl groups is 1. The summed E-state index contributed by atoms with van der Waals surface area (Å²) in [5.41, 5.74) is 1.11. The monoisotopic (exact) mass is 351 g/mol. The summed E-state index contributed by atoms with van der Waals surface area (Å²) in [4.78, 5) is 0. The van der Waals surface area contributed by atoms with Gasteiger partial charge in [-0.1, -0.05) is 12.1 Å². The van der Waals surface area contributed by atoms with E-state index in [0.717, 1.165) is 3.57 Å². The molecule has 0 aromatic heterocycles. The second kappa shape index (κ2) is 5.85. The van der Waals surface area contributed by atoms with E-state index >= 15 is 0 Å². The molecule has 0 saturated carbocycles. The highest BCUT2D eigenvalue weighted by Crippen LogP contribution is 2.26. The Hall–Kier alpha value is -1.58. The van der Waals surface area contributed by atoms with E-state index < -0.39 is 0 Å². The zero-order chi connectivity index (χ0) is 13.0. The maximum Gasteiger partial charge on any atom is 0.145 e. The van der Waals surface area contributed by atoms with Gasteiger partial charge in [0.1, 0.15) is 17.6 Å². The zero-order valence-corrected chi connectivity index (χ0v) is 11.6. The number of hydrogen-bond donors (Lipinski definition) is 1. The van der Waals surface area contributed by atoms with Gasteiger partial charge in [-0.25, -0.2) is 0 Å². The van der Waals surface area contributed by atoms with Crippen molar-refractivity contribution < 1.29 is 9.84 Å². The van der Waals surface area contributed by atoms with Crippen molar-refractivity contribution in [1.29, 1.82) is 5.26 Å². The molecule has 1 N–H and O–H groups in total. The maximum atomic E-state index is 9.06. The molecule has 18 heavy (non-hydrogen) atoms. The molecule has 2 rings (SSSR count). The van der Waals surface area contributed by atoms with Gasteiger partial charge in [-0.05, 0) is 58.5 Å². The summed E-state index contributed by atoms with van der Waals surface area (Å²) in [7, 11) is 0. The average molecular weight is 351 g/mol. The lowest BCUT2D eigenvalue weighted by atomic mass is 10.1. The van der Waals surface area contributed by atoms with Gasteiger partial charge in [0.2, 0.25) is 0 Å². The molecule has 3 nitrogen and oxygen atoms in total. The zero-order valence-electron chi connectivity index (χ0n) is 9.43. The molecule has 0 unspecified atom stereocenters. The van der Waals surface area contributed by atoms with Crippen molar-refractivity contribution in [3.63, 3.8) is 0 Å². The second-order valence-corrected chi connectivity index (χ2v) is 4.91. The molecule has 2 aromatic carbocycles. The van der Waals surface area contributed by atoms with Crippen molar-refractivity contribution in [3.8, 4) is 17.6 Å². The van der Waals surface area contributed by atoms with Gasteiger partial charge in [0.25, 0.3) is 0 Å². The molecule has 0 bridgehead atoms.